The number of hydrogen-bond acceptors (Lipinski definition) is 6. The molecule has 27 heavy (non-hydrogen) atoms. The molecule has 0 saturated heterocycles. The second kappa shape index (κ2) is 8.64. The summed E-state index contributed by atoms with van der Waals surface area (Å²) in [7, 11) is 1.31. The van der Waals surface area contributed by atoms with Gasteiger partial charge in [0.15, 0.2) is 11.5 Å². The van der Waals surface area contributed by atoms with E-state index in [9.17, 15) is 9.59 Å². The second-order valence-corrected chi connectivity index (χ2v) is 6.23. The van der Waals surface area contributed by atoms with Crippen LogP contribution in [0.4, 0.5) is 5.69 Å². The van der Waals surface area contributed by atoms with Crippen molar-refractivity contribution in [2.45, 2.75) is 13.0 Å². The number of anilines is 1. The quantitative estimate of drug-likeness (QED) is 0.707. The largest absolute Gasteiger partial charge is 0.465 e. The van der Waals surface area contributed by atoms with Gasteiger partial charge in [-0.3, -0.25) is 4.79 Å². The van der Waals surface area contributed by atoms with Crippen molar-refractivity contribution < 1.29 is 23.8 Å². The van der Waals surface area contributed by atoms with Gasteiger partial charge in [-0.05, 0) is 35.9 Å². The molecule has 0 radical (unpaired) electrons. The van der Waals surface area contributed by atoms with E-state index in [4.69, 9.17) is 21.1 Å². The summed E-state index contributed by atoms with van der Waals surface area (Å²) in [5.41, 5.74) is 1.88. The van der Waals surface area contributed by atoms with E-state index in [0.29, 0.717) is 40.9 Å². The summed E-state index contributed by atoms with van der Waals surface area (Å²) in [5.74, 6) is 0.834. The first-order valence-corrected chi connectivity index (χ1v) is 8.71. The summed E-state index contributed by atoms with van der Waals surface area (Å²) in [6.45, 7) is 0.988. The summed E-state index contributed by atoms with van der Waals surface area (Å²) >= 11 is 6.11. The lowest BCUT2D eigenvalue weighted by molar-refractivity contribution is -0.121. The van der Waals surface area contributed by atoms with Gasteiger partial charge in [0.1, 0.15) is 0 Å². The minimum Gasteiger partial charge on any atom is -0.465 e. The normalized spacial score (nSPS) is 11.8. The molecule has 1 amide bonds. The molecule has 7 nitrogen and oxygen atoms in total. The smallest absolute Gasteiger partial charge is 0.337 e. The van der Waals surface area contributed by atoms with Crippen LogP contribution in [0.2, 0.25) is 5.02 Å². The Morgan fingerprint density at radius 1 is 1.15 bits per heavy atom. The van der Waals surface area contributed by atoms with E-state index in [-0.39, 0.29) is 19.1 Å². The minimum atomic E-state index is -0.448. The molecule has 2 aromatic carbocycles. The number of halogens is 1. The van der Waals surface area contributed by atoms with Gasteiger partial charge in [-0.1, -0.05) is 17.7 Å². The first kappa shape index (κ1) is 18.8. The van der Waals surface area contributed by atoms with E-state index in [1.54, 1.807) is 18.2 Å². The lowest BCUT2D eigenvalue weighted by atomic mass is 10.2. The van der Waals surface area contributed by atoms with E-state index in [0.717, 1.165) is 5.56 Å². The Bertz CT molecular complexity index is 856. The molecule has 2 aromatic rings. The maximum absolute atomic E-state index is 12.0. The molecule has 0 unspecified atom stereocenters. The van der Waals surface area contributed by atoms with Crippen LogP contribution in [0, 0.1) is 0 Å². The SMILES string of the molecule is COC(=O)c1ccc(Cl)c(NCCC(=O)NCc2ccc3c(c2)OCO3)c1. The van der Waals surface area contributed by atoms with Crippen molar-refractivity contribution in [3.05, 3.63) is 52.5 Å². The number of benzene rings is 2. The Balaban J connectivity index is 1.46. The molecular weight excluding hydrogens is 372 g/mol. The fourth-order valence-electron chi connectivity index (χ4n) is 2.56. The Hall–Kier alpha value is -2.93. The van der Waals surface area contributed by atoms with Crippen LogP contribution >= 0.6 is 11.6 Å². The molecule has 0 spiro atoms. The van der Waals surface area contributed by atoms with Crippen molar-refractivity contribution >= 4 is 29.2 Å². The van der Waals surface area contributed by atoms with Gasteiger partial charge < -0.3 is 24.8 Å². The molecule has 3 rings (SSSR count). The van der Waals surface area contributed by atoms with Crippen LogP contribution in [0.5, 0.6) is 11.5 Å². The highest BCUT2D eigenvalue weighted by atomic mass is 35.5. The van der Waals surface area contributed by atoms with E-state index in [1.165, 1.54) is 7.11 Å². The van der Waals surface area contributed by atoms with E-state index in [1.807, 2.05) is 18.2 Å². The topological polar surface area (TPSA) is 85.9 Å². The number of rotatable bonds is 7. The summed E-state index contributed by atoms with van der Waals surface area (Å²) in [5, 5.41) is 6.37. The Morgan fingerprint density at radius 3 is 2.78 bits per heavy atom. The summed E-state index contributed by atoms with van der Waals surface area (Å²) in [6, 6.07) is 10.3. The molecule has 1 aliphatic heterocycles. The standard InChI is InChI=1S/C19H19ClN2O5/c1-25-19(24)13-3-4-14(20)15(9-13)21-7-6-18(23)22-10-12-2-5-16-17(8-12)27-11-26-16/h2-5,8-9,21H,6-7,10-11H2,1H3,(H,22,23). The highest BCUT2D eigenvalue weighted by Gasteiger charge is 2.13. The molecule has 2 N–H and O–H groups in total. The highest BCUT2D eigenvalue weighted by molar-refractivity contribution is 6.33. The number of carbonyl (C=O) groups is 2. The maximum Gasteiger partial charge on any atom is 0.337 e. The summed E-state index contributed by atoms with van der Waals surface area (Å²) in [4.78, 5) is 23.6. The van der Waals surface area contributed by atoms with Crippen molar-refractivity contribution in [2.75, 3.05) is 25.8 Å². The van der Waals surface area contributed by atoms with Crippen LogP contribution in [0.3, 0.4) is 0 Å². The van der Waals surface area contributed by atoms with Crippen LogP contribution in [-0.2, 0) is 16.1 Å². The molecule has 1 aliphatic rings. The average molecular weight is 391 g/mol. The average Bonchev–Trinajstić information content (AvgIpc) is 3.15. The van der Waals surface area contributed by atoms with Crippen LogP contribution < -0.4 is 20.1 Å². The molecule has 1 heterocycles. The second-order valence-electron chi connectivity index (χ2n) is 5.83. The molecule has 142 valence electrons. The number of amides is 1. The van der Waals surface area contributed by atoms with E-state index in [2.05, 4.69) is 15.4 Å². The van der Waals surface area contributed by atoms with Crippen LogP contribution in [-0.4, -0.2) is 32.3 Å². The Kier molecular flexibility index (Phi) is 6.03. The maximum atomic E-state index is 12.0. The molecule has 0 saturated carbocycles. The molecular formula is C19H19ClN2O5. The lowest BCUT2D eigenvalue weighted by Gasteiger charge is -2.10. The fraction of sp³-hybridized carbons (Fsp3) is 0.263. The first-order valence-electron chi connectivity index (χ1n) is 8.34. The van der Waals surface area contributed by atoms with Gasteiger partial charge in [-0.25, -0.2) is 4.79 Å². The number of ether oxygens (including phenoxy) is 3. The number of methoxy groups -OCH3 is 1. The first-order chi connectivity index (χ1) is 13.1. The monoisotopic (exact) mass is 390 g/mol. The number of hydrogen-bond donors (Lipinski definition) is 2. The third-order valence-corrected chi connectivity index (χ3v) is 4.31. The predicted molar refractivity (Wildman–Crippen MR) is 100 cm³/mol. The van der Waals surface area contributed by atoms with E-state index < -0.39 is 5.97 Å². The van der Waals surface area contributed by atoms with Gasteiger partial charge >= 0.3 is 5.97 Å². The summed E-state index contributed by atoms with van der Waals surface area (Å²) < 4.78 is 15.3. The van der Waals surface area contributed by atoms with Crippen molar-refractivity contribution in [1.82, 2.24) is 5.32 Å². The molecule has 0 bridgehead atoms. The zero-order valence-corrected chi connectivity index (χ0v) is 15.5. The molecule has 0 atom stereocenters. The third kappa shape index (κ3) is 4.83. The van der Waals surface area contributed by atoms with Crippen molar-refractivity contribution in [3.8, 4) is 11.5 Å². The number of carbonyl (C=O) groups excluding carboxylic acids is 2. The third-order valence-electron chi connectivity index (χ3n) is 3.98. The Morgan fingerprint density at radius 2 is 1.96 bits per heavy atom. The van der Waals surface area contributed by atoms with Crippen molar-refractivity contribution in [1.29, 1.82) is 0 Å². The van der Waals surface area contributed by atoms with Crippen LogP contribution in [0.15, 0.2) is 36.4 Å². The highest BCUT2D eigenvalue weighted by Crippen LogP contribution is 2.32. The Labute approximate surface area is 161 Å². The fourth-order valence-corrected chi connectivity index (χ4v) is 2.74. The minimum absolute atomic E-state index is 0.111. The van der Waals surface area contributed by atoms with Crippen LogP contribution in [0.1, 0.15) is 22.3 Å². The molecule has 0 aromatic heterocycles. The number of esters is 1. The van der Waals surface area contributed by atoms with Gasteiger partial charge in [0, 0.05) is 19.5 Å². The molecule has 0 aliphatic carbocycles. The van der Waals surface area contributed by atoms with Gasteiger partial charge in [0.05, 0.1) is 23.4 Å². The lowest BCUT2D eigenvalue weighted by Crippen LogP contribution is -2.24. The number of nitrogens with one attached hydrogen (secondary N) is 2. The van der Waals surface area contributed by atoms with Gasteiger partial charge in [-0.15, -0.1) is 0 Å². The van der Waals surface area contributed by atoms with Gasteiger partial charge in [0.2, 0.25) is 12.7 Å². The molecule has 8 heteroatoms. The van der Waals surface area contributed by atoms with E-state index >= 15 is 0 Å². The van der Waals surface area contributed by atoms with Crippen molar-refractivity contribution in [2.24, 2.45) is 0 Å². The number of fused-ring (bicyclic) bond motifs is 1. The van der Waals surface area contributed by atoms with Gasteiger partial charge in [-0.2, -0.15) is 0 Å². The molecule has 0 fully saturated rings. The summed E-state index contributed by atoms with van der Waals surface area (Å²) in [6.07, 6.45) is 0.253. The zero-order valence-electron chi connectivity index (χ0n) is 14.7. The van der Waals surface area contributed by atoms with Gasteiger partial charge in [0.25, 0.3) is 0 Å². The zero-order chi connectivity index (χ0) is 19.2. The predicted octanol–water partition coefficient (Wildman–Crippen LogP) is 2.97. The van der Waals surface area contributed by atoms with Crippen LogP contribution in [0.25, 0.3) is 0 Å². The van der Waals surface area contributed by atoms with Crippen molar-refractivity contribution in [3.63, 3.8) is 0 Å².